The lowest BCUT2D eigenvalue weighted by Crippen LogP contribution is -1.81. The Morgan fingerprint density at radius 1 is 1.50 bits per heavy atom. The summed E-state index contributed by atoms with van der Waals surface area (Å²) in [5.74, 6) is 0. The van der Waals surface area contributed by atoms with Crippen molar-refractivity contribution in [3.8, 4) is 0 Å². The topological polar surface area (TPSA) is 0 Å². The van der Waals surface area contributed by atoms with Gasteiger partial charge in [0.15, 0.2) is 0 Å². The van der Waals surface area contributed by atoms with E-state index in [0.29, 0.717) is 10.0 Å². The largest absolute Gasteiger partial charge is 0.0827 e. The summed E-state index contributed by atoms with van der Waals surface area (Å²) in [6.07, 6.45) is 0.874. The lowest BCUT2D eigenvalue weighted by Gasteiger charge is -1.99. The second-order valence-corrected chi connectivity index (χ2v) is 2.76. The monoisotopic (exact) mass is 173 g/mol. The summed E-state index contributed by atoms with van der Waals surface area (Å²) in [5.41, 5.74) is 0.981. The number of aryl methyl sites for hydroxylation is 1. The quantitative estimate of drug-likeness (QED) is 0.612. The van der Waals surface area contributed by atoms with Crippen LogP contribution in [0.1, 0.15) is 12.5 Å². The highest BCUT2D eigenvalue weighted by atomic mass is 35.5. The molecule has 0 saturated heterocycles. The Balaban J connectivity index is 3.14. The fraction of sp³-hybridized carbons (Fsp3) is 0.250. The van der Waals surface area contributed by atoms with Crippen molar-refractivity contribution in [2.75, 3.05) is 0 Å². The number of benzene rings is 1. The average Bonchev–Trinajstić information content (AvgIpc) is 1.95. The van der Waals surface area contributed by atoms with Crippen molar-refractivity contribution < 1.29 is 0 Å². The highest BCUT2D eigenvalue weighted by molar-refractivity contribution is 6.42. The third-order valence-corrected chi connectivity index (χ3v) is 2.16. The fourth-order valence-corrected chi connectivity index (χ4v) is 1.18. The van der Waals surface area contributed by atoms with E-state index < -0.39 is 0 Å². The summed E-state index contributed by atoms with van der Waals surface area (Å²) >= 11 is 11.6. The van der Waals surface area contributed by atoms with Gasteiger partial charge in [-0.25, -0.2) is 0 Å². The summed E-state index contributed by atoms with van der Waals surface area (Å²) in [7, 11) is 0. The molecule has 0 fully saturated rings. The Bertz CT molecular complexity index is 231. The van der Waals surface area contributed by atoms with Gasteiger partial charge in [-0.1, -0.05) is 36.2 Å². The molecule has 0 aliphatic carbocycles. The van der Waals surface area contributed by atoms with Crippen molar-refractivity contribution in [3.63, 3.8) is 0 Å². The maximum Gasteiger partial charge on any atom is 0.0630 e. The van der Waals surface area contributed by atoms with E-state index in [1.54, 1.807) is 12.1 Å². The number of halogens is 2. The van der Waals surface area contributed by atoms with Crippen LogP contribution in [0.15, 0.2) is 12.1 Å². The molecule has 1 aromatic rings. The Morgan fingerprint density at radius 3 is 2.70 bits per heavy atom. The van der Waals surface area contributed by atoms with Crippen molar-refractivity contribution in [3.05, 3.63) is 33.8 Å². The molecule has 0 N–H and O–H groups in total. The van der Waals surface area contributed by atoms with Gasteiger partial charge in [0, 0.05) is 0 Å². The molecule has 0 bridgehead atoms. The van der Waals surface area contributed by atoms with E-state index in [0.717, 1.165) is 12.0 Å². The predicted molar refractivity (Wildman–Crippen MR) is 44.7 cm³/mol. The molecule has 0 nitrogen and oxygen atoms in total. The van der Waals surface area contributed by atoms with Crippen molar-refractivity contribution in [1.82, 2.24) is 0 Å². The maximum atomic E-state index is 5.83. The van der Waals surface area contributed by atoms with Gasteiger partial charge >= 0.3 is 0 Å². The second-order valence-electron chi connectivity index (χ2n) is 1.97. The fourth-order valence-electron chi connectivity index (χ4n) is 0.753. The normalized spacial score (nSPS) is 9.90. The van der Waals surface area contributed by atoms with Crippen molar-refractivity contribution in [1.29, 1.82) is 0 Å². The zero-order chi connectivity index (χ0) is 7.56. The molecule has 0 unspecified atom stereocenters. The van der Waals surface area contributed by atoms with Gasteiger partial charge in [-0.15, -0.1) is 0 Å². The van der Waals surface area contributed by atoms with Gasteiger partial charge in [-0.05, 0) is 24.1 Å². The molecule has 0 aromatic heterocycles. The second kappa shape index (κ2) is 3.27. The molecule has 0 aliphatic heterocycles. The maximum absolute atomic E-state index is 5.83. The van der Waals surface area contributed by atoms with E-state index in [9.17, 15) is 0 Å². The molecular formula is C8H7Cl2. The van der Waals surface area contributed by atoms with Crippen LogP contribution in [-0.2, 0) is 6.42 Å². The molecule has 53 valence electrons. The van der Waals surface area contributed by atoms with Crippen LogP contribution < -0.4 is 0 Å². The van der Waals surface area contributed by atoms with Gasteiger partial charge in [-0.3, -0.25) is 0 Å². The standard InChI is InChI=1S/C8H7Cl2/c1-2-6-4-3-5-7(9)8(6)10/h3,5H,2H2,1H3. The van der Waals surface area contributed by atoms with Gasteiger partial charge in [0.2, 0.25) is 0 Å². The summed E-state index contributed by atoms with van der Waals surface area (Å²) in [4.78, 5) is 0. The van der Waals surface area contributed by atoms with E-state index in [2.05, 4.69) is 6.07 Å². The van der Waals surface area contributed by atoms with E-state index in [1.807, 2.05) is 6.92 Å². The third-order valence-electron chi connectivity index (χ3n) is 1.32. The number of rotatable bonds is 1. The Morgan fingerprint density at radius 2 is 2.20 bits per heavy atom. The van der Waals surface area contributed by atoms with Crippen molar-refractivity contribution >= 4 is 23.2 Å². The minimum Gasteiger partial charge on any atom is -0.0827 e. The van der Waals surface area contributed by atoms with Crippen LogP contribution in [0.4, 0.5) is 0 Å². The van der Waals surface area contributed by atoms with Gasteiger partial charge < -0.3 is 0 Å². The number of hydrogen-bond acceptors (Lipinski definition) is 0. The molecule has 1 rings (SSSR count). The van der Waals surface area contributed by atoms with E-state index in [-0.39, 0.29) is 0 Å². The molecule has 0 aliphatic rings. The van der Waals surface area contributed by atoms with Gasteiger partial charge in [-0.2, -0.15) is 0 Å². The molecule has 0 saturated carbocycles. The molecule has 1 aromatic carbocycles. The molecule has 0 amide bonds. The third kappa shape index (κ3) is 1.44. The molecule has 1 radical (unpaired) electrons. The van der Waals surface area contributed by atoms with Crippen LogP contribution in [0.3, 0.4) is 0 Å². The Kier molecular flexibility index (Phi) is 2.58. The highest BCUT2D eigenvalue weighted by Crippen LogP contribution is 2.24. The molecule has 0 heterocycles. The minimum atomic E-state index is 0.609. The molecule has 0 atom stereocenters. The van der Waals surface area contributed by atoms with Gasteiger partial charge in [0.1, 0.15) is 0 Å². The average molecular weight is 174 g/mol. The smallest absolute Gasteiger partial charge is 0.0630 e. The molecule has 2 heteroatoms. The van der Waals surface area contributed by atoms with Crippen LogP contribution in [0.25, 0.3) is 0 Å². The van der Waals surface area contributed by atoms with E-state index in [1.165, 1.54) is 0 Å². The molecular weight excluding hydrogens is 167 g/mol. The van der Waals surface area contributed by atoms with Crippen LogP contribution in [0.5, 0.6) is 0 Å². The van der Waals surface area contributed by atoms with Gasteiger partial charge in [0.25, 0.3) is 0 Å². The van der Waals surface area contributed by atoms with Crippen LogP contribution in [0, 0.1) is 6.07 Å². The van der Waals surface area contributed by atoms with Crippen LogP contribution in [0.2, 0.25) is 10.0 Å². The van der Waals surface area contributed by atoms with Gasteiger partial charge in [0.05, 0.1) is 10.0 Å². The molecule has 10 heavy (non-hydrogen) atoms. The molecule has 0 spiro atoms. The Labute approximate surface area is 70.8 Å². The first-order valence-electron chi connectivity index (χ1n) is 3.10. The van der Waals surface area contributed by atoms with Crippen molar-refractivity contribution in [2.24, 2.45) is 0 Å². The predicted octanol–water partition coefficient (Wildman–Crippen LogP) is 3.36. The van der Waals surface area contributed by atoms with E-state index in [4.69, 9.17) is 23.2 Å². The lowest BCUT2D eigenvalue weighted by atomic mass is 10.2. The summed E-state index contributed by atoms with van der Waals surface area (Å²) < 4.78 is 0. The van der Waals surface area contributed by atoms with E-state index >= 15 is 0 Å². The first-order valence-corrected chi connectivity index (χ1v) is 3.86. The van der Waals surface area contributed by atoms with Crippen molar-refractivity contribution in [2.45, 2.75) is 13.3 Å². The van der Waals surface area contributed by atoms with Crippen LogP contribution in [-0.4, -0.2) is 0 Å². The number of hydrogen-bond donors (Lipinski definition) is 0. The van der Waals surface area contributed by atoms with Crippen LogP contribution >= 0.6 is 23.2 Å². The first kappa shape index (κ1) is 7.90. The summed E-state index contributed by atoms with van der Waals surface area (Å²) in [6.45, 7) is 2.02. The zero-order valence-corrected chi connectivity index (χ0v) is 7.13. The summed E-state index contributed by atoms with van der Waals surface area (Å²) in [5, 5.41) is 1.24. The highest BCUT2D eigenvalue weighted by Gasteiger charge is 2.00. The zero-order valence-electron chi connectivity index (χ0n) is 5.62. The summed E-state index contributed by atoms with van der Waals surface area (Å²) in [6, 6.07) is 6.53. The Hall–Kier alpha value is -0.200. The minimum absolute atomic E-state index is 0.609. The lowest BCUT2D eigenvalue weighted by molar-refractivity contribution is 1.14. The first-order chi connectivity index (χ1) is 4.75. The SMILES string of the molecule is CCc1[c]ccc(Cl)c1Cl.